The number of hydrogen-bond acceptors (Lipinski definition) is 3. The van der Waals surface area contributed by atoms with Gasteiger partial charge in [0.25, 0.3) is 0 Å². The number of aliphatic carboxylic acids is 1. The summed E-state index contributed by atoms with van der Waals surface area (Å²) in [6.45, 7) is 3.95. The molecule has 1 aliphatic carbocycles. The molecule has 3 atom stereocenters. The van der Waals surface area contributed by atoms with E-state index in [1.165, 1.54) is 0 Å². The van der Waals surface area contributed by atoms with Crippen LogP contribution in [0.4, 0.5) is 0 Å². The van der Waals surface area contributed by atoms with Gasteiger partial charge in [-0.3, -0.25) is 4.79 Å². The number of unbranched alkanes of at least 4 members (excludes halogenated alkanes) is 2. The van der Waals surface area contributed by atoms with Crippen LogP contribution in [-0.4, -0.2) is 34.0 Å². The number of carboxylic acids is 1. The topological polar surface area (TPSA) is 77.8 Å². The molecule has 0 aliphatic heterocycles. The molecule has 1 aliphatic rings. The van der Waals surface area contributed by atoms with Gasteiger partial charge in [-0.05, 0) is 44.4 Å². The molecule has 144 valence electrons. The molecule has 1 saturated carbocycles. The molecule has 25 heavy (non-hydrogen) atoms. The van der Waals surface area contributed by atoms with E-state index >= 15 is 0 Å². The van der Waals surface area contributed by atoms with Crippen molar-refractivity contribution in [2.45, 2.75) is 77.7 Å². The number of carbonyl (C=O) groups is 1. The molecule has 0 radical (unpaired) electrons. The molecular weight excluding hydrogens is 316 g/mol. The molecular formula is C21H36O4. The highest BCUT2D eigenvalue weighted by Gasteiger charge is 2.47. The average Bonchev–Trinajstić information content (AvgIpc) is 3.12. The second kappa shape index (κ2) is 11.5. The van der Waals surface area contributed by atoms with Crippen molar-refractivity contribution in [3.63, 3.8) is 0 Å². The fraction of sp³-hybridized carbons (Fsp3) is 0.762. The molecule has 0 spiro atoms. The van der Waals surface area contributed by atoms with Crippen molar-refractivity contribution >= 4 is 5.97 Å². The summed E-state index contributed by atoms with van der Waals surface area (Å²) in [4.78, 5) is 12.2. The first kappa shape index (κ1) is 21.9. The fourth-order valence-electron chi connectivity index (χ4n) is 3.96. The van der Waals surface area contributed by atoms with Gasteiger partial charge in [0.15, 0.2) is 0 Å². The van der Waals surface area contributed by atoms with Gasteiger partial charge in [0.1, 0.15) is 0 Å². The molecule has 0 amide bonds. The van der Waals surface area contributed by atoms with Crippen molar-refractivity contribution in [3.8, 4) is 0 Å². The summed E-state index contributed by atoms with van der Waals surface area (Å²) in [5.41, 5.74) is -0.837. The molecule has 0 aromatic carbocycles. The second-order valence-electron chi connectivity index (χ2n) is 7.51. The number of carboxylic acid groups (broad SMARTS) is 1. The first-order valence-corrected chi connectivity index (χ1v) is 9.82. The highest BCUT2D eigenvalue weighted by atomic mass is 16.4. The Kier molecular flexibility index (Phi) is 10.1. The third-order valence-corrected chi connectivity index (χ3v) is 5.77. The Balaban J connectivity index is 2.91. The fourth-order valence-corrected chi connectivity index (χ4v) is 3.96. The maximum Gasteiger partial charge on any atom is 0.310 e. The van der Waals surface area contributed by atoms with E-state index in [0.29, 0.717) is 6.42 Å². The van der Waals surface area contributed by atoms with Crippen molar-refractivity contribution in [1.82, 2.24) is 0 Å². The zero-order valence-corrected chi connectivity index (χ0v) is 15.9. The van der Waals surface area contributed by atoms with Gasteiger partial charge in [-0.1, -0.05) is 63.3 Å². The average molecular weight is 353 g/mol. The van der Waals surface area contributed by atoms with E-state index in [0.717, 1.165) is 51.4 Å². The minimum atomic E-state index is -0.837. The first-order chi connectivity index (χ1) is 12.0. The third-order valence-electron chi connectivity index (χ3n) is 5.77. The molecule has 4 nitrogen and oxygen atoms in total. The molecule has 4 heteroatoms. The van der Waals surface area contributed by atoms with Crippen LogP contribution in [0, 0.1) is 17.3 Å². The van der Waals surface area contributed by atoms with Crippen molar-refractivity contribution in [3.05, 3.63) is 24.3 Å². The Bertz CT molecular complexity index is 437. The van der Waals surface area contributed by atoms with E-state index in [-0.39, 0.29) is 18.4 Å². The Hall–Kier alpha value is -1.13. The number of hydrogen-bond donors (Lipinski definition) is 3. The zero-order valence-electron chi connectivity index (χ0n) is 15.9. The Labute approximate surface area is 152 Å². The standard InChI is InChI=1S/C21H36O4/c1-3-4-5-13-19(23)15-14-18(12-8-9-16-22)21(2,20(24)25)17-10-6-7-11-17/h8-9,14-15,17-19,22-23H,3-7,10-13,16H2,1-2H3,(H,24,25)/b9-8-,15-14?/t18-,19-,21+/m0/s1. The predicted molar refractivity (Wildman–Crippen MR) is 101 cm³/mol. The van der Waals surface area contributed by atoms with Crippen LogP contribution in [0.3, 0.4) is 0 Å². The van der Waals surface area contributed by atoms with Crippen molar-refractivity contribution < 1.29 is 20.1 Å². The van der Waals surface area contributed by atoms with Gasteiger partial charge < -0.3 is 15.3 Å². The van der Waals surface area contributed by atoms with E-state index < -0.39 is 17.5 Å². The first-order valence-electron chi connectivity index (χ1n) is 9.82. The van der Waals surface area contributed by atoms with Gasteiger partial charge in [-0.15, -0.1) is 0 Å². The summed E-state index contributed by atoms with van der Waals surface area (Å²) in [5.74, 6) is -0.775. The van der Waals surface area contributed by atoms with Gasteiger partial charge in [0.05, 0.1) is 18.1 Å². The van der Waals surface area contributed by atoms with E-state index in [4.69, 9.17) is 5.11 Å². The maximum atomic E-state index is 12.2. The smallest absolute Gasteiger partial charge is 0.310 e. The zero-order chi connectivity index (χ0) is 18.7. The highest BCUT2D eigenvalue weighted by molar-refractivity contribution is 5.75. The maximum absolute atomic E-state index is 12.2. The van der Waals surface area contributed by atoms with E-state index in [1.807, 2.05) is 19.1 Å². The quantitative estimate of drug-likeness (QED) is 0.361. The number of aliphatic hydroxyl groups is 2. The summed E-state index contributed by atoms with van der Waals surface area (Å²) in [5, 5.41) is 29.1. The summed E-state index contributed by atoms with van der Waals surface area (Å²) in [6.07, 6.45) is 15.3. The van der Waals surface area contributed by atoms with E-state index in [1.54, 1.807) is 12.2 Å². The van der Waals surface area contributed by atoms with Crippen LogP contribution < -0.4 is 0 Å². The summed E-state index contributed by atoms with van der Waals surface area (Å²) in [7, 11) is 0. The van der Waals surface area contributed by atoms with Gasteiger partial charge in [0.2, 0.25) is 0 Å². The molecule has 0 heterocycles. The van der Waals surface area contributed by atoms with Crippen molar-refractivity contribution in [2.75, 3.05) is 6.61 Å². The second-order valence-corrected chi connectivity index (χ2v) is 7.51. The van der Waals surface area contributed by atoms with Gasteiger partial charge in [-0.2, -0.15) is 0 Å². The normalized spacial score (nSPS) is 21.0. The van der Waals surface area contributed by atoms with Crippen molar-refractivity contribution in [2.24, 2.45) is 17.3 Å². The lowest BCUT2D eigenvalue weighted by Crippen LogP contribution is -2.41. The summed E-state index contributed by atoms with van der Waals surface area (Å²) in [6, 6.07) is 0. The molecule has 0 bridgehead atoms. The lowest BCUT2D eigenvalue weighted by molar-refractivity contribution is -0.154. The van der Waals surface area contributed by atoms with Crippen LogP contribution in [0.1, 0.15) is 71.6 Å². The largest absolute Gasteiger partial charge is 0.481 e. The minimum Gasteiger partial charge on any atom is -0.481 e. The Morgan fingerprint density at radius 3 is 2.44 bits per heavy atom. The van der Waals surface area contributed by atoms with Gasteiger partial charge in [0, 0.05) is 0 Å². The number of allylic oxidation sites excluding steroid dienone is 2. The van der Waals surface area contributed by atoms with Crippen LogP contribution in [0.25, 0.3) is 0 Å². The molecule has 0 unspecified atom stereocenters. The molecule has 1 fully saturated rings. The van der Waals surface area contributed by atoms with E-state index in [9.17, 15) is 15.0 Å². The Morgan fingerprint density at radius 1 is 1.20 bits per heavy atom. The van der Waals surface area contributed by atoms with Crippen LogP contribution in [0.5, 0.6) is 0 Å². The lowest BCUT2D eigenvalue weighted by Gasteiger charge is -2.37. The van der Waals surface area contributed by atoms with Crippen LogP contribution in [0.15, 0.2) is 24.3 Å². The monoisotopic (exact) mass is 352 g/mol. The summed E-state index contributed by atoms with van der Waals surface area (Å²) >= 11 is 0. The van der Waals surface area contributed by atoms with Gasteiger partial charge in [-0.25, -0.2) is 0 Å². The van der Waals surface area contributed by atoms with Crippen LogP contribution in [-0.2, 0) is 4.79 Å². The summed E-state index contributed by atoms with van der Waals surface area (Å²) < 4.78 is 0. The van der Waals surface area contributed by atoms with Crippen LogP contribution >= 0.6 is 0 Å². The number of rotatable bonds is 12. The highest BCUT2D eigenvalue weighted by Crippen LogP contribution is 2.47. The number of aliphatic hydroxyl groups excluding tert-OH is 2. The van der Waals surface area contributed by atoms with E-state index in [2.05, 4.69) is 6.92 Å². The molecule has 0 saturated heterocycles. The van der Waals surface area contributed by atoms with Gasteiger partial charge >= 0.3 is 5.97 Å². The molecule has 3 N–H and O–H groups in total. The minimum absolute atomic E-state index is 0.0384. The molecule has 0 aromatic heterocycles. The lowest BCUT2D eigenvalue weighted by atomic mass is 9.65. The third kappa shape index (κ3) is 6.59. The van der Waals surface area contributed by atoms with Crippen molar-refractivity contribution in [1.29, 1.82) is 0 Å². The Morgan fingerprint density at radius 2 is 1.88 bits per heavy atom. The van der Waals surface area contributed by atoms with Crippen LogP contribution in [0.2, 0.25) is 0 Å². The predicted octanol–water partition coefficient (Wildman–Crippen LogP) is 4.32. The molecule has 0 aromatic rings. The molecule has 1 rings (SSSR count). The SMILES string of the molecule is CCCCC[C@H](O)C=C[C@H](C/C=C\CO)[C@](C)(C(=O)O)C1CCCC1.